The summed E-state index contributed by atoms with van der Waals surface area (Å²) in [5.41, 5.74) is 1.29. The molecule has 10 heteroatoms. The van der Waals surface area contributed by atoms with Gasteiger partial charge >= 0.3 is 0 Å². The molecule has 1 aliphatic heterocycles. The fourth-order valence-electron chi connectivity index (χ4n) is 3.63. The smallest absolute Gasteiger partial charge is 0.287 e. The van der Waals surface area contributed by atoms with Crippen LogP contribution in [0.4, 0.5) is 0 Å². The largest absolute Gasteiger partial charge is 0.338 e. The van der Waals surface area contributed by atoms with E-state index >= 15 is 0 Å². The molecule has 1 fully saturated rings. The number of amides is 1. The molecule has 5 rings (SSSR count). The minimum Gasteiger partial charge on any atom is -0.338 e. The van der Waals surface area contributed by atoms with E-state index in [1.165, 1.54) is 27.4 Å². The van der Waals surface area contributed by atoms with Gasteiger partial charge in [-0.15, -0.1) is 16.4 Å². The monoisotopic (exact) mass is 426 g/mol. The predicted molar refractivity (Wildman–Crippen MR) is 112 cm³/mol. The number of hydrogen-bond acceptors (Lipinski definition) is 7. The van der Waals surface area contributed by atoms with E-state index in [4.69, 9.17) is 0 Å². The van der Waals surface area contributed by atoms with Crippen LogP contribution in [0.15, 0.2) is 40.8 Å². The van der Waals surface area contributed by atoms with E-state index in [1.807, 2.05) is 46.3 Å². The number of hydrogen-bond donors (Lipinski definition) is 0. The summed E-state index contributed by atoms with van der Waals surface area (Å²) < 4.78 is 4.03. The van der Waals surface area contributed by atoms with Crippen LogP contribution in [0.3, 0.4) is 0 Å². The molecule has 0 N–H and O–H groups in total. The van der Waals surface area contributed by atoms with Gasteiger partial charge in [-0.25, -0.2) is 9.67 Å². The van der Waals surface area contributed by atoms with E-state index in [2.05, 4.69) is 15.3 Å². The Hall–Kier alpha value is -2.85. The molecule has 8 nitrogen and oxygen atoms in total. The van der Waals surface area contributed by atoms with Crippen molar-refractivity contribution in [2.75, 3.05) is 13.1 Å². The maximum Gasteiger partial charge on any atom is 0.287 e. The number of carbonyl (C=O) groups is 1. The van der Waals surface area contributed by atoms with Gasteiger partial charge in [0, 0.05) is 25.5 Å². The number of rotatable bonds is 3. The second kappa shape index (κ2) is 7.20. The van der Waals surface area contributed by atoms with E-state index in [0.717, 1.165) is 10.8 Å². The Morgan fingerprint density at radius 1 is 1.21 bits per heavy atom. The Labute approximate surface area is 174 Å². The Morgan fingerprint density at radius 2 is 1.97 bits per heavy atom. The summed E-state index contributed by atoms with van der Waals surface area (Å²) in [7, 11) is 0. The van der Waals surface area contributed by atoms with Gasteiger partial charge < -0.3 is 9.47 Å². The first kappa shape index (κ1) is 18.2. The zero-order chi connectivity index (χ0) is 20.0. The van der Waals surface area contributed by atoms with Crippen molar-refractivity contribution in [2.24, 2.45) is 0 Å². The summed E-state index contributed by atoms with van der Waals surface area (Å²) in [5, 5.41) is 10.9. The average Bonchev–Trinajstić information content (AvgIpc) is 3.48. The molecule has 1 amide bonds. The van der Waals surface area contributed by atoms with Gasteiger partial charge in [0.2, 0.25) is 0 Å². The van der Waals surface area contributed by atoms with Crippen molar-refractivity contribution in [3.05, 3.63) is 56.9 Å². The first-order valence-electron chi connectivity index (χ1n) is 9.34. The standard InChI is InChI=1S/C19H18N6O2S2/c1-12-15(29-19(20-12)24-7-2-3-8-24)17(26)23-9-4-13(5-10-23)25-18(27)16-14(21-22-25)6-11-28-16/h2-3,6-8,11,13H,4-5,9-10H2,1H3. The molecule has 0 radical (unpaired) electrons. The fraction of sp³-hybridized carbons (Fsp3) is 0.316. The molecule has 29 heavy (non-hydrogen) atoms. The van der Waals surface area contributed by atoms with Gasteiger partial charge in [-0.3, -0.25) is 9.59 Å². The van der Waals surface area contributed by atoms with E-state index in [-0.39, 0.29) is 17.5 Å². The van der Waals surface area contributed by atoms with Crippen molar-refractivity contribution in [1.82, 2.24) is 29.4 Å². The molecule has 0 atom stereocenters. The molecule has 1 saturated heterocycles. The number of nitrogens with zero attached hydrogens (tertiary/aromatic N) is 6. The number of thiophene rings is 1. The molecular weight excluding hydrogens is 408 g/mol. The Kier molecular flexibility index (Phi) is 4.51. The van der Waals surface area contributed by atoms with Crippen LogP contribution in [-0.2, 0) is 0 Å². The van der Waals surface area contributed by atoms with Crippen LogP contribution in [0.25, 0.3) is 15.3 Å². The second-order valence-corrected chi connectivity index (χ2v) is 8.89. The van der Waals surface area contributed by atoms with Gasteiger partial charge in [0.25, 0.3) is 11.5 Å². The van der Waals surface area contributed by atoms with Gasteiger partial charge in [0.1, 0.15) is 15.1 Å². The minimum absolute atomic E-state index is 0.00370. The van der Waals surface area contributed by atoms with Crippen LogP contribution in [0.2, 0.25) is 0 Å². The molecular formula is C19H18N6O2S2. The highest BCUT2D eigenvalue weighted by atomic mass is 32.1. The molecule has 0 unspecified atom stereocenters. The van der Waals surface area contributed by atoms with Crippen molar-refractivity contribution in [1.29, 1.82) is 0 Å². The summed E-state index contributed by atoms with van der Waals surface area (Å²) in [4.78, 5) is 32.8. The van der Waals surface area contributed by atoms with Crippen LogP contribution >= 0.6 is 22.7 Å². The lowest BCUT2D eigenvalue weighted by Gasteiger charge is -2.31. The van der Waals surface area contributed by atoms with Crippen LogP contribution in [0.5, 0.6) is 0 Å². The third kappa shape index (κ3) is 3.18. The zero-order valence-corrected chi connectivity index (χ0v) is 17.3. The maximum absolute atomic E-state index is 13.0. The third-order valence-corrected chi connectivity index (χ3v) is 7.25. The van der Waals surface area contributed by atoms with E-state index in [9.17, 15) is 9.59 Å². The zero-order valence-electron chi connectivity index (χ0n) is 15.7. The number of carbonyl (C=O) groups excluding carboxylic acids is 1. The fourth-order valence-corrected chi connectivity index (χ4v) is 5.39. The van der Waals surface area contributed by atoms with E-state index < -0.39 is 0 Å². The van der Waals surface area contributed by atoms with Gasteiger partial charge in [-0.1, -0.05) is 16.6 Å². The molecule has 0 spiro atoms. The summed E-state index contributed by atoms with van der Waals surface area (Å²) in [6, 6.07) is 5.63. The van der Waals surface area contributed by atoms with Crippen LogP contribution in [0, 0.1) is 6.92 Å². The van der Waals surface area contributed by atoms with E-state index in [0.29, 0.717) is 41.0 Å². The van der Waals surface area contributed by atoms with Gasteiger partial charge in [-0.05, 0) is 43.3 Å². The first-order chi connectivity index (χ1) is 14.1. The number of fused-ring (bicyclic) bond motifs is 1. The minimum atomic E-state index is -0.0931. The normalized spacial score (nSPS) is 15.3. The molecule has 148 valence electrons. The Balaban J connectivity index is 1.32. The lowest BCUT2D eigenvalue weighted by atomic mass is 10.0. The Morgan fingerprint density at radius 3 is 2.72 bits per heavy atom. The van der Waals surface area contributed by atoms with Crippen LogP contribution in [0.1, 0.15) is 34.2 Å². The highest BCUT2D eigenvalue weighted by molar-refractivity contribution is 7.17. The summed E-state index contributed by atoms with van der Waals surface area (Å²) >= 11 is 2.80. The van der Waals surface area contributed by atoms with Crippen molar-refractivity contribution in [3.63, 3.8) is 0 Å². The van der Waals surface area contributed by atoms with Crippen LogP contribution in [-0.4, -0.2) is 48.4 Å². The van der Waals surface area contributed by atoms with E-state index in [1.54, 1.807) is 6.07 Å². The molecule has 0 aliphatic carbocycles. The van der Waals surface area contributed by atoms with Crippen molar-refractivity contribution >= 4 is 38.8 Å². The van der Waals surface area contributed by atoms with Crippen LogP contribution < -0.4 is 5.56 Å². The number of likely N-dealkylation sites (tertiary alicyclic amines) is 1. The lowest BCUT2D eigenvalue weighted by Crippen LogP contribution is -2.41. The summed E-state index contributed by atoms with van der Waals surface area (Å²) in [6.07, 6.45) is 5.20. The maximum atomic E-state index is 13.0. The number of piperidine rings is 1. The molecule has 0 saturated carbocycles. The van der Waals surface area contributed by atoms with Crippen molar-refractivity contribution < 1.29 is 4.79 Å². The molecule has 0 bridgehead atoms. The lowest BCUT2D eigenvalue weighted by molar-refractivity contribution is 0.0691. The highest BCUT2D eigenvalue weighted by Gasteiger charge is 2.28. The van der Waals surface area contributed by atoms with Gasteiger partial charge in [0.05, 0.1) is 11.7 Å². The molecule has 4 aromatic heterocycles. The molecule has 4 aromatic rings. The van der Waals surface area contributed by atoms with Gasteiger partial charge in [0.15, 0.2) is 5.13 Å². The molecule has 1 aliphatic rings. The second-order valence-electron chi connectivity index (χ2n) is 7.00. The number of thiazole rings is 1. The SMILES string of the molecule is Cc1nc(-n2cccc2)sc1C(=O)N1CCC(n2nnc3ccsc3c2=O)CC1. The van der Waals surface area contributed by atoms with Gasteiger partial charge in [-0.2, -0.15) is 0 Å². The Bertz CT molecular complexity index is 1230. The molecule has 0 aromatic carbocycles. The summed E-state index contributed by atoms with van der Waals surface area (Å²) in [5.74, 6) is 0.00370. The first-order valence-corrected chi connectivity index (χ1v) is 11.0. The summed E-state index contributed by atoms with van der Waals surface area (Å²) in [6.45, 7) is 3.03. The third-order valence-electron chi connectivity index (χ3n) is 5.20. The van der Waals surface area contributed by atoms with Crippen molar-refractivity contribution in [3.8, 4) is 5.13 Å². The predicted octanol–water partition coefficient (Wildman–Crippen LogP) is 2.89. The highest BCUT2D eigenvalue weighted by Crippen LogP contribution is 2.27. The quantitative estimate of drug-likeness (QED) is 0.503. The molecule has 5 heterocycles. The topological polar surface area (TPSA) is 85.9 Å². The number of aromatic nitrogens is 5. The van der Waals surface area contributed by atoms with Crippen molar-refractivity contribution in [2.45, 2.75) is 25.8 Å². The number of aryl methyl sites for hydroxylation is 1. The average molecular weight is 427 g/mol.